The van der Waals surface area contributed by atoms with Crippen LogP contribution in [-0.4, -0.2) is 40.2 Å². The van der Waals surface area contributed by atoms with Crippen molar-refractivity contribution in [2.75, 3.05) is 13.6 Å². The molecule has 1 fully saturated rings. The van der Waals surface area contributed by atoms with Gasteiger partial charge in [0.05, 0.1) is 5.54 Å². The topological polar surface area (TPSA) is 64.2 Å². The second kappa shape index (κ2) is 5.20. The van der Waals surface area contributed by atoms with E-state index >= 15 is 0 Å². The Morgan fingerprint density at radius 3 is 2.60 bits per heavy atom. The highest BCUT2D eigenvalue weighted by molar-refractivity contribution is 5.92. The van der Waals surface area contributed by atoms with E-state index in [1.54, 1.807) is 11.9 Å². The Labute approximate surface area is 121 Å². The summed E-state index contributed by atoms with van der Waals surface area (Å²) in [6, 6.07) is 1.98. The van der Waals surface area contributed by atoms with Crippen LogP contribution in [0.3, 0.4) is 0 Å². The van der Waals surface area contributed by atoms with E-state index in [4.69, 9.17) is 5.73 Å². The lowest BCUT2D eigenvalue weighted by molar-refractivity contribution is 0.0740. The number of nitrogens with zero attached hydrogens (tertiary/aromatic N) is 3. The number of nitrogens with two attached hydrogens (primary N) is 1. The molecule has 1 heterocycles. The van der Waals surface area contributed by atoms with Crippen molar-refractivity contribution in [1.29, 1.82) is 0 Å². The molecular formula is C15H26N4O. The lowest BCUT2D eigenvalue weighted by atomic mass is 10.1. The fourth-order valence-corrected chi connectivity index (χ4v) is 2.25. The van der Waals surface area contributed by atoms with Gasteiger partial charge in [-0.1, -0.05) is 0 Å². The molecule has 1 aliphatic rings. The molecular weight excluding hydrogens is 252 g/mol. The number of amides is 1. The first-order valence-electron chi connectivity index (χ1n) is 7.33. The number of rotatable bonds is 4. The second-order valence-corrected chi connectivity index (χ2v) is 6.81. The molecule has 1 saturated carbocycles. The van der Waals surface area contributed by atoms with Crippen LogP contribution in [-0.2, 0) is 5.54 Å². The van der Waals surface area contributed by atoms with E-state index in [2.05, 4.69) is 25.9 Å². The van der Waals surface area contributed by atoms with Crippen molar-refractivity contribution in [3.8, 4) is 0 Å². The van der Waals surface area contributed by atoms with E-state index in [9.17, 15) is 4.79 Å². The van der Waals surface area contributed by atoms with Gasteiger partial charge < -0.3 is 10.6 Å². The van der Waals surface area contributed by atoms with Gasteiger partial charge in [0.15, 0.2) is 5.69 Å². The van der Waals surface area contributed by atoms with Gasteiger partial charge in [-0.15, -0.1) is 0 Å². The number of hydrogen-bond donors (Lipinski definition) is 1. The van der Waals surface area contributed by atoms with Crippen molar-refractivity contribution in [3.05, 3.63) is 17.5 Å². The normalized spacial score (nSPS) is 17.1. The average Bonchev–Trinajstić information content (AvgIpc) is 3.13. The van der Waals surface area contributed by atoms with Crippen LogP contribution in [0.5, 0.6) is 0 Å². The van der Waals surface area contributed by atoms with Gasteiger partial charge in [0.25, 0.3) is 5.91 Å². The molecule has 1 aromatic rings. The first-order chi connectivity index (χ1) is 9.25. The zero-order chi connectivity index (χ0) is 15.1. The number of aromatic nitrogens is 2. The number of likely N-dealkylation sites (N-methyl/N-ethyl adjacent to an activating group) is 1. The van der Waals surface area contributed by atoms with Crippen molar-refractivity contribution in [2.45, 2.75) is 58.0 Å². The lowest BCUT2D eigenvalue weighted by Crippen LogP contribution is -2.40. The highest BCUT2D eigenvalue weighted by atomic mass is 16.2. The largest absolute Gasteiger partial charge is 0.336 e. The van der Waals surface area contributed by atoms with Crippen LogP contribution in [0.1, 0.15) is 62.6 Å². The summed E-state index contributed by atoms with van der Waals surface area (Å²) in [6.07, 6.45) is 2.40. The van der Waals surface area contributed by atoms with Crippen LogP contribution in [0, 0.1) is 0 Å². The molecule has 0 radical (unpaired) electrons. The minimum absolute atomic E-state index is 0.0201. The van der Waals surface area contributed by atoms with Gasteiger partial charge in [-0.05, 0) is 46.6 Å². The van der Waals surface area contributed by atoms with Crippen LogP contribution in [0.15, 0.2) is 6.07 Å². The number of carbonyl (C=O) groups is 1. The average molecular weight is 278 g/mol. The van der Waals surface area contributed by atoms with E-state index in [1.807, 2.05) is 17.7 Å². The van der Waals surface area contributed by atoms with Crippen molar-refractivity contribution in [2.24, 2.45) is 5.73 Å². The predicted octanol–water partition coefficient (Wildman–Crippen LogP) is 1.93. The van der Waals surface area contributed by atoms with E-state index in [0.29, 0.717) is 18.2 Å². The first kappa shape index (κ1) is 15.0. The van der Waals surface area contributed by atoms with Crippen LogP contribution >= 0.6 is 0 Å². The molecule has 1 unspecified atom stereocenters. The Bertz CT molecular complexity index is 496. The number of hydrogen-bond acceptors (Lipinski definition) is 3. The SMILES string of the molecule is CC(CN)N(C)C(=O)c1cc(C2CC2)n(C(C)(C)C)n1. The first-order valence-corrected chi connectivity index (χ1v) is 7.33. The zero-order valence-electron chi connectivity index (χ0n) is 13.2. The minimum Gasteiger partial charge on any atom is -0.336 e. The summed E-state index contributed by atoms with van der Waals surface area (Å²) in [5.74, 6) is 0.522. The molecule has 1 atom stereocenters. The van der Waals surface area contributed by atoms with Crippen molar-refractivity contribution in [1.82, 2.24) is 14.7 Å². The third kappa shape index (κ3) is 2.87. The Balaban J connectivity index is 2.31. The van der Waals surface area contributed by atoms with E-state index < -0.39 is 0 Å². The molecule has 0 saturated heterocycles. The number of carbonyl (C=O) groups excluding carboxylic acids is 1. The van der Waals surface area contributed by atoms with E-state index in [0.717, 1.165) is 0 Å². The third-order valence-corrected chi connectivity index (χ3v) is 3.91. The minimum atomic E-state index is -0.103. The Hall–Kier alpha value is -1.36. The standard InChI is InChI=1S/C15H26N4O/c1-10(9-16)18(5)14(20)12-8-13(11-6-7-11)19(17-12)15(2,3)4/h8,10-11H,6-7,9,16H2,1-5H3. The summed E-state index contributed by atoms with van der Waals surface area (Å²) in [7, 11) is 1.78. The fraction of sp³-hybridized carbons (Fsp3) is 0.733. The second-order valence-electron chi connectivity index (χ2n) is 6.81. The molecule has 112 valence electrons. The summed E-state index contributed by atoms with van der Waals surface area (Å²) in [6.45, 7) is 8.75. The molecule has 0 bridgehead atoms. The van der Waals surface area contributed by atoms with Gasteiger partial charge >= 0.3 is 0 Å². The zero-order valence-corrected chi connectivity index (χ0v) is 13.2. The van der Waals surface area contributed by atoms with E-state index in [-0.39, 0.29) is 17.5 Å². The van der Waals surface area contributed by atoms with Crippen molar-refractivity contribution in [3.63, 3.8) is 0 Å². The van der Waals surface area contributed by atoms with Crippen LogP contribution < -0.4 is 5.73 Å². The maximum Gasteiger partial charge on any atom is 0.274 e. The van der Waals surface area contributed by atoms with Crippen LogP contribution in [0.25, 0.3) is 0 Å². The lowest BCUT2D eigenvalue weighted by Gasteiger charge is -2.23. The van der Waals surface area contributed by atoms with Gasteiger partial charge in [-0.25, -0.2) is 0 Å². The van der Waals surface area contributed by atoms with Gasteiger partial charge in [0.1, 0.15) is 0 Å². The molecule has 1 amide bonds. The summed E-state index contributed by atoms with van der Waals surface area (Å²) < 4.78 is 2.01. The Morgan fingerprint density at radius 1 is 1.55 bits per heavy atom. The van der Waals surface area contributed by atoms with Gasteiger partial charge in [0, 0.05) is 31.2 Å². The molecule has 0 aliphatic heterocycles. The quantitative estimate of drug-likeness (QED) is 0.915. The Morgan fingerprint density at radius 2 is 2.15 bits per heavy atom. The third-order valence-electron chi connectivity index (χ3n) is 3.91. The molecule has 0 aromatic carbocycles. The Kier molecular flexibility index (Phi) is 3.91. The van der Waals surface area contributed by atoms with Crippen LogP contribution in [0.4, 0.5) is 0 Å². The highest BCUT2D eigenvalue weighted by Crippen LogP contribution is 2.41. The van der Waals surface area contributed by atoms with Crippen molar-refractivity contribution >= 4 is 5.91 Å². The molecule has 5 nitrogen and oxygen atoms in total. The highest BCUT2D eigenvalue weighted by Gasteiger charge is 2.33. The molecule has 1 aromatic heterocycles. The molecule has 1 aliphatic carbocycles. The smallest absolute Gasteiger partial charge is 0.274 e. The van der Waals surface area contributed by atoms with Gasteiger partial charge in [-0.3, -0.25) is 9.48 Å². The van der Waals surface area contributed by atoms with Gasteiger partial charge in [-0.2, -0.15) is 5.10 Å². The summed E-state index contributed by atoms with van der Waals surface area (Å²) in [5.41, 5.74) is 7.25. The maximum absolute atomic E-state index is 12.5. The predicted molar refractivity (Wildman–Crippen MR) is 79.8 cm³/mol. The molecule has 5 heteroatoms. The summed E-state index contributed by atoms with van der Waals surface area (Å²) in [5, 5.41) is 4.57. The fourth-order valence-electron chi connectivity index (χ4n) is 2.25. The summed E-state index contributed by atoms with van der Waals surface area (Å²) >= 11 is 0. The summed E-state index contributed by atoms with van der Waals surface area (Å²) in [4.78, 5) is 14.1. The monoisotopic (exact) mass is 278 g/mol. The van der Waals surface area contributed by atoms with E-state index in [1.165, 1.54) is 18.5 Å². The maximum atomic E-state index is 12.5. The van der Waals surface area contributed by atoms with Crippen molar-refractivity contribution < 1.29 is 4.79 Å². The molecule has 2 N–H and O–H groups in total. The van der Waals surface area contributed by atoms with Crippen LogP contribution in [0.2, 0.25) is 0 Å². The van der Waals surface area contributed by atoms with Gasteiger partial charge in [0.2, 0.25) is 0 Å². The molecule has 0 spiro atoms. The molecule has 20 heavy (non-hydrogen) atoms. The molecule has 2 rings (SSSR count).